The summed E-state index contributed by atoms with van der Waals surface area (Å²) in [5.41, 5.74) is 1.27. The fourth-order valence-electron chi connectivity index (χ4n) is 2.34. The normalized spacial score (nSPS) is 21.9. The summed E-state index contributed by atoms with van der Waals surface area (Å²) < 4.78 is 11.4. The van der Waals surface area contributed by atoms with Gasteiger partial charge in [0.05, 0.1) is 12.0 Å². The second-order valence-corrected chi connectivity index (χ2v) is 6.43. The van der Waals surface area contributed by atoms with E-state index < -0.39 is 17.2 Å². The smallest absolute Gasteiger partial charge is 0.309 e. The highest BCUT2D eigenvalue weighted by molar-refractivity contribution is 5.74. The fourth-order valence-corrected chi connectivity index (χ4v) is 2.34. The van der Waals surface area contributed by atoms with Gasteiger partial charge < -0.3 is 14.6 Å². The number of benzene rings is 1. The van der Waals surface area contributed by atoms with E-state index in [0.29, 0.717) is 13.0 Å². The monoisotopic (exact) mass is 278 g/mol. The zero-order chi connectivity index (χ0) is 15.0. The molecular formula is C16H22O4. The molecule has 0 aromatic heterocycles. The third-order valence-electron chi connectivity index (χ3n) is 3.56. The number of carboxylic acids is 1. The summed E-state index contributed by atoms with van der Waals surface area (Å²) in [5.74, 6) is -1.34. The topological polar surface area (TPSA) is 55.8 Å². The molecule has 1 aliphatic rings. The molecule has 4 nitrogen and oxygen atoms in total. The molecule has 0 radical (unpaired) electrons. The van der Waals surface area contributed by atoms with Crippen LogP contribution in [0.1, 0.15) is 44.9 Å². The molecule has 1 saturated heterocycles. The Morgan fingerprint density at radius 2 is 2.15 bits per heavy atom. The molecule has 1 heterocycles. The predicted octanol–water partition coefficient (Wildman–Crippen LogP) is 3.16. The lowest BCUT2D eigenvalue weighted by Gasteiger charge is -2.20. The summed E-state index contributed by atoms with van der Waals surface area (Å²) in [6, 6.07) is 7.90. The standard InChI is InChI=1S/C16H22O4/c1-15(2,14(17)18)9-11-6-5-7-12(8-11)13-10-19-16(3,4)20-13/h5-8,13H,9-10H2,1-4H3,(H,17,18). The molecule has 4 heteroatoms. The van der Waals surface area contributed by atoms with Crippen LogP contribution in [0.25, 0.3) is 0 Å². The van der Waals surface area contributed by atoms with Gasteiger partial charge in [-0.2, -0.15) is 0 Å². The maximum absolute atomic E-state index is 11.2. The molecule has 2 rings (SSSR count). The van der Waals surface area contributed by atoms with Crippen LogP contribution in [0.3, 0.4) is 0 Å². The van der Waals surface area contributed by atoms with Crippen LogP contribution in [0.4, 0.5) is 0 Å². The van der Waals surface area contributed by atoms with Crippen molar-refractivity contribution in [2.45, 2.75) is 46.0 Å². The Hall–Kier alpha value is -1.39. The van der Waals surface area contributed by atoms with Crippen molar-refractivity contribution in [3.8, 4) is 0 Å². The third kappa shape index (κ3) is 3.38. The molecule has 1 atom stereocenters. The number of rotatable bonds is 4. The maximum Gasteiger partial charge on any atom is 0.309 e. The number of carbonyl (C=O) groups is 1. The Morgan fingerprint density at radius 3 is 2.70 bits per heavy atom. The van der Waals surface area contributed by atoms with Crippen LogP contribution in [0.2, 0.25) is 0 Å². The summed E-state index contributed by atoms with van der Waals surface area (Å²) >= 11 is 0. The second kappa shape index (κ2) is 5.19. The Kier molecular flexibility index (Phi) is 3.89. The SMILES string of the molecule is CC1(C)OCC(c2cccc(CC(C)(C)C(=O)O)c2)O1. The Morgan fingerprint density at radius 1 is 1.45 bits per heavy atom. The van der Waals surface area contributed by atoms with Crippen molar-refractivity contribution >= 4 is 5.97 Å². The van der Waals surface area contributed by atoms with Crippen LogP contribution in [0, 0.1) is 5.41 Å². The van der Waals surface area contributed by atoms with E-state index in [4.69, 9.17) is 9.47 Å². The lowest BCUT2D eigenvalue weighted by Crippen LogP contribution is -2.26. The zero-order valence-electron chi connectivity index (χ0n) is 12.5. The fraction of sp³-hybridized carbons (Fsp3) is 0.562. The second-order valence-electron chi connectivity index (χ2n) is 6.43. The molecule has 0 spiro atoms. The highest BCUT2D eigenvalue weighted by Gasteiger charge is 2.34. The highest BCUT2D eigenvalue weighted by Crippen LogP contribution is 2.33. The van der Waals surface area contributed by atoms with Crippen LogP contribution in [0.5, 0.6) is 0 Å². The van der Waals surface area contributed by atoms with Crippen molar-refractivity contribution in [2.75, 3.05) is 6.61 Å². The largest absolute Gasteiger partial charge is 0.481 e. The van der Waals surface area contributed by atoms with E-state index in [1.807, 2.05) is 38.1 Å². The molecule has 1 fully saturated rings. The summed E-state index contributed by atoms with van der Waals surface area (Å²) in [5, 5.41) is 9.21. The molecule has 0 bridgehead atoms. The van der Waals surface area contributed by atoms with E-state index in [-0.39, 0.29) is 6.10 Å². The Labute approximate surface area is 119 Å². The van der Waals surface area contributed by atoms with Crippen LogP contribution in [0.15, 0.2) is 24.3 Å². The van der Waals surface area contributed by atoms with E-state index in [1.165, 1.54) is 0 Å². The van der Waals surface area contributed by atoms with E-state index in [9.17, 15) is 9.90 Å². The Balaban J connectivity index is 2.15. The van der Waals surface area contributed by atoms with Crippen LogP contribution < -0.4 is 0 Å². The molecule has 0 amide bonds. The van der Waals surface area contributed by atoms with Crippen molar-refractivity contribution in [3.05, 3.63) is 35.4 Å². The van der Waals surface area contributed by atoms with Gasteiger partial charge in [-0.1, -0.05) is 24.3 Å². The lowest BCUT2D eigenvalue weighted by molar-refractivity contribution is -0.146. The van der Waals surface area contributed by atoms with Crippen molar-refractivity contribution in [2.24, 2.45) is 5.41 Å². The molecule has 1 unspecified atom stereocenters. The van der Waals surface area contributed by atoms with E-state index >= 15 is 0 Å². The van der Waals surface area contributed by atoms with Gasteiger partial charge in [-0.25, -0.2) is 0 Å². The first kappa shape index (κ1) is 15.0. The van der Waals surface area contributed by atoms with Crippen molar-refractivity contribution in [3.63, 3.8) is 0 Å². The maximum atomic E-state index is 11.2. The van der Waals surface area contributed by atoms with Crippen LogP contribution in [-0.4, -0.2) is 23.5 Å². The average molecular weight is 278 g/mol. The van der Waals surface area contributed by atoms with Gasteiger partial charge in [0, 0.05) is 0 Å². The molecule has 20 heavy (non-hydrogen) atoms. The Bertz CT molecular complexity index is 505. The van der Waals surface area contributed by atoms with Gasteiger partial charge in [0.2, 0.25) is 0 Å². The summed E-state index contributed by atoms with van der Waals surface area (Å²) in [7, 11) is 0. The van der Waals surface area contributed by atoms with Gasteiger partial charge in [-0.3, -0.25) is 4.79 Å². The minimum Gasteiger partial charge on any atom is -0.481 e. The first-order chi connectivity index (χ1) is 9.20. The lowest BCUT2D eigenvalue weighted by atomic mass is 9.85. The van der Waals surface area contributed by atoms with E-state index in [1.54, 1.807) is 13.8 Å². The third-order valence-corrected chi connectivity index (χ3v) is 3.56. The van der Waals surface area contributed by atoms with Gasteiger partial charge in [0.25, 0.3) is 0 Å². The summed E-state index contributed by atoms with van der Waals surface area (Å²) in [6.07, 6.45) is 0.408. The van der Waals surface area contributed by atoms with Gasteiger partial charge >= 0.3 is 5.97 Å². The van der Waals surface area contributed by atoms with Gasteiger partial charge in [-0.05, 0) is 45.2 Å². The molecule has 1 N–H and O–H groups in total. The number of hydrogen-bond donors (Lipinski definition) is 1. The number of hydrogen-bond acceptors (Lipinski definition) is 3. The predicted molar refractivity (Wildman–Crippen MR) is 75.4 cm³/mol. The van der Waals surface area contributed by atoms with Crippen LogP contribution in [-0.2, 0) is 20.7 Å². The molecule has 0 saturated carbocycles. The first-order valence-corrected chi connectivity index (χ1v) is 6.84. The van der Waals surface area contributed by atoms with Crippen molar-refractivity contribution < 1.29 is 19.4 Å². The minimum atomic E-state index is -0.788. The van der Waals surface area contributed by atoms with Gasteiger partial charge in [0.1, 0.15) is 6.10 Å². The van der Waals surface area contributed by atoms with E-state index in [2.05, 4.69) is 0 Å². The minimum absolute atomic E-state index is 0.0853. The highest BCUT2D eigenvalue weighted by atomic mass is 16.7. The molecule has 1 aliphatic heterocycles. The molecule has 1 aromatic rings. The number of carboxylic acid groups (broad SMARTS) is 1. The number of aliphatic carboxylic acids is 1. The molecular weight excluding hydrogens is 256 g/mol. The molecule has 1 aromatic carbocycles. The first-order valence-electron chi connectivity index (χ1n) is 6.84. The molecule has 0 aliphatic carbocycles. The number of ether oxygens (including phenoxy) is 2. The van der Waals surface area contributed by atoms with Gasteiger partial charge in [0.15, 0.2) is 5.79 Å². The summed E-state index contributed by atoms with van der Waals surface area (Å²) in [6.45, 7) is 7.79. The summed E-state index contributed by atoms with van der Waals surface area (Å²) in [4.78, 5) is 11.2. The quantitative estimate of drug-likeness (QED) is 0.919. The van der Waals surface area contributed by atoms with Gasteiger partial charge in [-0.15, -0.1) is 0 Å². The average Bonchev–Trinajstić information content (AvgIpc) is 2.69. The van der Waals surface area contributed by atoms with Crippen molar-refractivity contribution in [1.82, 2.24) is 0 Å². The molecule has 110 valence electrons. The van der Waals surface area contributed by atoms with Crippen molar-refractivity contribution in [1.29, 1.82) is 0 Å². The van der Waals surface area contributed by atoms with E-state index in [0.717, 1.165) is 11.1 Å². The van der Waals surface area contributed by atoms with Crippen LogP contribution >= 0.6 is 0 Å². The zero-order valence-corrected chi connectivity index (χ0v) is 12.5.